The second-order valence-electron chi connectivity index (χ2n) is 6.12. The van der Waals surface area contributed by atoms with E-state index in [0.717, 1.165) is 62.1 Å². The Kier molecular flexibility index (Phi) is 5.05. The van der Waals surface area contributed by atoms with Crippen molar-refractivity contribution in [2.75, 3.05) is 19.7 Å². The van der Waals surface area contributed by atoms with E-state index in [2.05, 4.69) is 14.9 Å². The number of aromatic nitrogens is 2. The molecule has 1 aromatic heterocycles. The van der Waals surface area contributed by atoms with Crippen molar-refractivity contribution in [3.8, 4) is 0 Å². The second kappa shape index (κ2) is 7.20. The van der Waals surface area contributed by atoms with Gasteiger partial charge in [0.2, 0.25) is 0 Å². The number of aromatic amines is 1. The molecule has 0 spiro atoms. The maximum atomic E-state index is 13.3. The molecule has 3 rings (SSSR count). The van der Waals surface area contributed by atoms with Crippen LogP contribution in [0.15, 0.2) is 18.2 Å². The standard InChI is InChI=1S/C17H24FN3O/c18-13-7-8-14-15(12-13)20-17(19-14)16-6-5-10-21(16)9-3-1-2-4-11-22/h7-8,12,16,22H,1-6,9-11H2,(H,19,20)/t16-/m1/s1. The minimum Gasteiger partial charge on any atom is -0.396 e. The van der Waals surface area contributed by atoms with E-state index in [9.17, 15) is 4.39 Å². The summed E-state index contributed by atoms with van der Waals surface area (Å²) in [7, 11) is 0. The second-order valence-corrected chi connectivity index (χ2v) is 6.12. The monoisotopic (exact) mass is 305 g/mol. The average molecular weight is 305 g/mol. The first kappa shape index (κ1) is 15.4. The lowest BCUT2D eigenvalue weighted by molar-refractivity contribution is 0.240. The molecular formula is C17H24FN3O. The molecule has 0 unspecified atom stereocenters. The fourth-order valence-electron chi connectivity index (χ4n) is 3.34. The smallest absolute Gasteiger partial charge is 0.125 e. The van der Waals surface area contributed by atoms with Crippen LogP contribution in [0.2, 0.25) is 0 Å². The number of benzene rings is 1. The van der Waals surface area contributed by atoms with Crippen LogP contribution >= 0.6 is 0 Å². The van der Waals surface area contributed by atoms with Crippen LogP contribution in [0.25, 0.3) is 11.0 Å². The van der Waals surface area contributed by atoms with Gasteiger partial charge in [0.15, 0.2) is 0 Å². The van der Waals surface area contributed by atoms with Crippen molar-refractivity contribution < 1.29 is 9.50 Å². The van der Waals surface area contributed by atoms with Gasteiger partial charge in [-0.2, -0.15) is 0 Å². The summed E-state index contributed by atoms with van der Waals surface area (Å²) >= 11 is 0. The highest BCUT2D eigenvalue weighted by atomic mass is 19.1. The molecule has 2 aromatic rings. The van der Waals surface area contributed by atoms with Crippen molar-refractivity contribution in [3.63, 3.8) is 0 Å². The van der Waals surface area contributed by atoms with Crippen molar-refractivity contribution in [2.45, 2.75) is 44.6 Å². The van der Waals surface area contributed by atoms with E-state index >= 15 is 0 Å². The molecule has 1 fully saturated rings. The Balaban J connectivity index is 1.63. The Bertz CT molecular complexity index is 613. The number of aliphatic hydroxyl groups is 1. The molecule has 22 heavy (non-hydrogen) atoms. The zero-order chi connectivity index (χ0) is 15.4. The van der Waals surface area contributed by atoms with Crippen LogP contribution in [0.1, 0.15) is 50.4 Å². The van der Waals surface area contributed by atoms with Gasteiger partial charge in [-0.25, -0.2) is 9.37 Å². The number of imidazole rings is 1. The molecule has 0 aliphatic carbocycles. The van der Waals surface area contributed by atoms with E-state index in [1.165, 1.54) is 18.6 Å². The van der Waals surface area contributed by atoms with Crippen LogP contribution in [0.3, 0.4) is 0 Å². The molecule has 1 aliphatic heterocycles. The third-order valence-corrected chi connectivity index (χ3v) is 4.49. The lowest BCUT2D eigenvalue weighted by atomic mass is 10.1. The first-order chi connectivity index (χ1) is 10.8. The van der Waals surface area contributed by atoms with E-state index < -0.39 is 0 Å². The predicted octanol–water partition coefficient (Wildman–Crippen LogP) is 3.39. The number of nitrogens with one attached hydrogen (secondary N) is 1. The van der Waals surface area contributed by atoms with Gasteiger partial charge in [0.05, 0.1) is 17.1 Å². The molecule has 0 bridgehead atoms. The average Bonchev–Trinajstić information content (AvgIpc) is 3.12. The summed E-state index contributed by atoms with van der Waals surface area (Å²) in [5, 5.41) is 8.81. The molecule has 5 heteroatoms. The van der Waals surface area contributed by atoms with Gasteiger partial charge in [0, 0.05) is 6.61 Å². The molecule has 2 N–H and O–H groups in total. The molecular weight excluding hydrogens is 281 g/mol. The largest absolute Gasteiger partial charge is 0.396 e. The zero-order valence-corrected chi connectivity index (χ0v) is 12.9. The minimum atomic E-state index is -0.227. The van der Waals surface area contributed by atoms with Crippen LogP contribution in [0, 0.1) is 5.82 Å². The van der Waals surface area contributed by atoms with Gasteiger partial charge >= 0.3 is 0 Å². The number of halogens is 1. The maximum Gasteiger partial charge on any atom is 0.125 e. The van der Waals surface area contributed by atoms with Crippen molar-refractivity contribution in [2.24, 2.45) is 0 Å². The normalized spacial score (nSPS) is 19.3. The highest BCUT2D eigenvalue weighted by Crippen LogP contribution is 2.31. The molecule has 120 valence electrons. The van der Waals surface area contributed by atoms with Crippen LogP contribution in [0.4, 0.5) is 4.39 Å². The Morgan fingerprint density at radius 2 is 2.14 bits per heavy atom. The van der Waals surface area contributed by atoms with Gasteiger partial charge in [0.1, 0.15) is 11.6 Å². The molecule has 1 aliphatic rings. The molecule has 2 heterocycles. The van der Waals surface area contributed by atoms with Gasteiger partial charge in [-0.15, -0.1) is 0 Å². The topological polar surface area (TPSA) is 52.1 Å². The van der Waals surface area contributed by atoms with Crippen molar-refractivity contribution >= 4 is 11.0 Å². The van der Waals surface area contributed by atoms with Crippen LogP contribution in [0.5, 0.6) is 0 Å². The number of unbranched alkanes of at least 4 members (excludes halogenated alkanes) is 3. The summed E-state index contributed by atoms with van der Waals surface area (Å²) in [6.45, 7) is 2.47. The van der Waals surface area contributed by atoms with Crippen LogP contribution in [-0.2, 0) is 0 Å². The fraction of sp³-hybridized carbons (Fsp3) is 0.588. The van der Waals surface area contributed by atoms with E-state index in [0.29, 0.717) is 12.6 Å². The van der Waals surface area contributed by atoms with Gasteiger partial charge < -0.3 is 10.1 Å². The number of likely N-dealkylation sites (tertiary alicyclic amines) is 1. The van der Waals surface area contributed by atoms with E-state index in [1.807, 2.05) is 0 Å². The minimum absolute atomic E-state index is 0.227. The lowest BCUT2D eigenvalue weighted by Gasteiger charge is -2.22. The lowest BCUT2D eigenvalue weighted by Crippen LogP contribution is -2.25. The first-order valence-electron chi connectivity index (χ1n) is 8.28. The quantitative estimate of drug-likeness (QED) is 0.771. The van der Waals surface area contributed by atoms with Gasteiger partial charge in [-0.1, -0.05) is 12.8 Å². The Morgan fingerprint density at radius 1 is 1.27 bits per heavy atom. The van der Waals surface area contributed by atoms with Crippen molar-refractivity contribution in [1.29, 1.82) is 0 Å². The fourth-order valence-corrected chi connectivity index (χ4v) is 3.34. The highest BCUT2D eigenvalue weighted by molar-refractivity contribution is 5.75. The molecule has 1 saturated heterocycles. The highest BCUT2D eigenvalue weighted by Gasteiger charge is 2.27. The van der Waals surface area contributed by atoms with Crippen molar-refractivity contribution in [1.82, 2.24) is 14.9 Å². The summed E-state index contributed by atoms with van der Waals surface area (Å²) in [6, 6.07) is 5.03. The molecule has 0 amide bonds. The van der Waals surface area contributed by atoms with Crippen LogP contribution in [-0.4, -0.2) is 39.7 Å². The van der Waals surface area contributed by atoms with E-state index in [4.69, 9.17) is 5.11 Å². The van der Waals surface area contributed by atoms with Crippen molar-refractivity contribution in [3.05, 3.63) is 29.8 Å². The number of aliphatic hydroxyl groups excluding tert-OH is 1. The molecule has 1 atom stereocenters. The summed E-state index contributed by atoms with van der Waals surface area (Å²) in [5.74, 6) is 0.739. The van der Waals surface area contributed by atoms with E-state index in [1.54, 1.807) is 6.07 Å². The zero-order valence-electron chi connectivity index (χ0n) is 12.9. The Hall–Kier alpha value is -1.46. The SMILES string of the molecule is OCCCCCCN1CCC[C@@H]1c1nc2ccc(F)cc2[nH]1. The Morgan fingerprint density at radius 3 is 3.00 bits per heavy atom. The number of H-pyrrole nitrogens is 1. The summed E-state index contributed by atoms with van der Waals surface area (Å²) in [5.41, 5.74) is 1.62. The van der Waals surface area contributed by atoms with E-state index in [-0.39, 0.29) is 5.82 Å². The van der Waals surface area contributed by atoms with Crippen LogP contribution < -0.4 is 0 Å². The Labute approximate surface area is 130 Å². The molecule has 4 nitrogen and oxygen atoms in total. The van der Waals surface area contributed by atoms with Gasteiger partial charge in [-0.05, 0) is 57.0 Å². The third kappa shape index (κ3) is 3.47. The van der Waals surface area contributed by atoms with Gasteiger partial charge in [0.25, 0.3) is 0 Å². The number of fused-ring (bicyclic) bond motifs is 1. The number of rotatable bonds is 7. The number of nitrogens with zero attached hydrogens (tertiary/aromatic N) is 2. The number of hydrogen-bond acceptors (Lipinski definition) is 3. The third-order valence-electron chi connectivity index (χ3n) is 4.49. The summed E-state index contributed by atoms with van der Waals surface area (Å²) in [6.07, 6.45) is 6.61. The molecule has 1 aromatic carbocycles. The predicted molar refractivity (Wildman–Crippen MR) is 85.2 cm³/mol. The first-order valence-corrected chi connectivity index (χ1v) is 8.28. The molecule has 0 saturated carbocycles. The van der Waals surface area contributed by atoms with Gasteiger partial charge in [-0.3, -0.25) is 4.90 Å². The number of hydrogen-bond donors (Lipinski definition) is 2. The maximum absolute atomic E-state index is 13.3. The summed E-state index contributed by atoms with van der Waals surface area (Å²) < 4.78 is 13.3. The summed E-state index contributed by atoms with van der Waals surface area (Å²) in [4.78, 5) is 10.4. The molecule has 0 radical (unpaired) electrons.